The lowest BCUT2D eigenvalue weighted by molar-refractivity contribution is -0.0531. The van der Waals surface area contributed by atoms with E-state index in [4.69, 9.17) is 10.7 Å². The molecule has 0 saturated heterocycles. The summed E-state index contributed by atoms with van der Waals surface area (Å²) in [7, 11) is 0. The Morgan fingerprint density at radius 2 is 1.52 bits per heavy atom. The lowest BCUT2D eigenvalue weighted by atomic mass is 9.49. The second-order valence-electron chi connectivity index (χ2n) is 9.51. The van der Waals surface area contributed by atoms with E-state index >= 15 is 0 Å². The number of hydrogen-bond donors (Lipinski definition) is 2. The first-order valence-electron chi connectivity index (χ1n) is 10.4. The van der Waals surface area contributed by atoms with Crippen LogP contribution in [0.25, 0.3) is 0 Å². The molecule has 0 aliphatic heterocycles. The predicted octanol–water partition coefficient (Wildman–Crippen LogP) is 3.96. The highest BCUT2D eigenvalue weighted by atomic mass is 15.2. The maximum Gasteiger partial charge on any atom is 0.227 e. The lowest BCUT2D eigenvalue weighted by Crippen LogP contribution is -2.47. The quantitative estimate of drug-likeness (QED) is 0.867. The molecule has 0 radical (unpaired) electrons. The van der Waals surface area contributed by atoms with Gasteiger partial charge in [-0.2, -0.15) is 15.0 Å². The van der Waals surface area contributed by atoms with Gasteiger partial charge in [-0.25, -0.2) is 0 Å². The fourth-order valence-electron chi connectivity index (χ4n) is 6.85. The molecule has 0 aromatic carbocycles. The first-order chi connectivity index (χ1) is 12.2. The Kier molecular flexibility index (Phi) is 3.86. The largest absolute Gasteiger partial charge is 0.368 e. The maximum atomic E-state index is 6.03. The summed E-state index contributed by atoms with van der Waals surface area (Å²) >= 11 is 0. The number of nitrogens with one attached hydrogen (secondary N) is 1. The fraction of sp³-hybridized carbons (Fsp3) is 0.850. The van der Waals surface area contributed by atoms with Gasteiger partial charge in [0.2, 0.25) is 11.9 Å². The van der Waals surface area contributed by atoms with Crippen LogP contribution in [0.3, 0.4) is 0 Å². The molecule has 0 atom stereocenters. The van der Waals surface area contributed by atoms with Gasteiger partial charge in [-0.05, 0) is 74.5 Å². The van der Waals surface area contributed by atoms with E-state index in [1.54, 1.807) is 0 Å². The molecule has 6 rings (SSSR count). The van der Waals surface area contributed by atoms with Gasteiger partial charge in [0.1, 0.15) is 5.82 Å². The summed E-state index contributed by atoms with van der Waals surface area (Å²) in [6.07, 6.45) is 16.0. The molecule has 1 aromatic rings. The minimum atomic E-state index is 0.382. The van der Waals surface area contributed by atoms with Crippen molar-refractivity contribution in [1.29, 1.82) is 0 Å². The van der Waals surface area contributed by atoms with E-state index in [0.717, 1.165) is 30.0 Å². The zero-order chi connectivity index (χ0) is 16.9. The van der Waals surface area contributed by atoms with E-state index in [0.29, 0.717) is 23.4 Å². The van der Waals surface area contributed by atoms with Crippen LogP contribution in [0.2, 0.25) is 0 Å². The molecule has 5 heteroatoms. The number of nitrogens with two attached hydrogens (primary N) is 1. The molecular weight excluding hydrogens is 310 g/mol. The molecule has 1 heterocycles. The minimum Gasteiger partial charge on any atom is -0.368 e. The number of nitrogen functional groups attached to an aromatic ring is 1. The molecule has 0 amide bonds. The molecule has 5 aliphatic rings. The highest BCUT2D eigenvalue weighted by Gasteiger charge is 2.51. The van der Waals surface area contributed by atoms with E-state index in [2.05, 4.69) is 15.3 Å². The first-order valence-corrected chi connectivity index (χ1v) is 10.4. The first kappa shape index (κ1) is 15.8. The second-order valence-corrected chi connectivity index (χ2v) is 9.51. The van der Waals surface area contributed by atoms with Gasteiger partial charge in [-0.15, -0.1) is 0 Å². The van der Waals surface area contributed by atoms with Crippen molar-refractivity contribution in [3.8, 4) is 0 Å². The van der Waals surface area contributed by atoms with Gasteiger partial charge in [0.25, 0.3) is 0 Å². The number of nitrogens with zero attached hydrogens (tertiary/aromatic N) is 3. The Bertz CT molecular complexity index is 602. The average molecular weight is 342 g/mol. The summed E-state index contributed by atoms with van der Waals surface area (Å²) in [6.45, 7) is 0. The Balaban J connectivity index is 1.33. The highest BCUT2D eigenvalue weighted by molar-refractivity contribution is 5.32. The van der Waals surface area contributed by atoms with Crippen molar-refractivity contribution in [2.45, 2.75) is 83.1 Å². The molecule has 5 saturated carbocycles. The van der Waals surface area contributed by atoms with E-state index in [9.17, 15) is 0 Å². The summed E-state index contributed by atoms with van der Waals surface area (Å²) in [5.41, 5.74) is 6.48. The van der Waals surface area contributed by atoms with E-state index in [-0.39, 0.29) is 0 Å². The third kappa shape index (κ3) is 3.22. The van der Waals surface area contributed by atoms with Crippen LogP contribution in [0.5, 0.6) is 0 Å². The van der Waals surface area contributed by atoms with Crippen molar-refractivity contribution in [2.24, 2.45) is 23.2 Å². The van der Waals surface area contributed by atoms with Gasteiger partial charge in [0, 0.05) is 12.5 Å². The lowest BCUT2D eigenvalue weighted by Gasteiger charge is -2.56. The topological polar surface area (TPSA) is 76.7 Å². The molecule has 136 valence electrons. The smallest absolute Gasteiger partial charge is 0.227 e. The second kappa shape index (κ2) is 6.10. The van der Waals surface area contributed by atoms with Crippen molar-refractivity contribution < 1.29 is 0 Å². The summed E-state index contributed by atoms with van der Waals surface area (Å²) in [4.78, 5) is 13.7. The van der Waals surface area contributed by atoms with Crippen molar-refractivity contribution in [3.63, 3.8) is 0 Å². The average Bonchev–Trinajstić information content (AvgIpc) is 2.53. The standard InChI is InChI=1S/C20H31N5/c21-18-23-17(24-19(25-18)22-16-4-2-1-3-5-16)12-20-9-13-6-14(10-20)8-15(7-13)11-20/h13-16H,1-12H2,(H3,21,22,23,24,25). The molecule has 4 bridgehead atoms. The van der Waals surface area contributed by atoms with Gasteiger partial charge in [-0.3, -0.25) is 0 Å². The van der Waals surface area contributed by atoms with E-state index < -0.39 is 0 Å². The van der Waals surface area contributed by atoms with Crippen LogP contribution < -0.4 is 11.1 Å². The fourth-order valence-corrected chi connectivity index (χ4v) is 6.85. The van der Waals surface area contributed by atoms with Crippen molar-refractivity contribution >= 4 is 11.9 Å². The number of aromatic nitrogens is 3. The molecule has 5 fully saturated rings. The molecule has 1 aromatic heterocycles. The van der Waals surface area contributed by atoms with Crippen molar-refractivity contribution in [1.82, 2.24) is 15.0 Å². The monoisotopic (exact) mass is 341 g/mol. The number of anilines is 2. The van der Waals surface area contributed by atoms with Gasteiger partial charge in [0.15, 0.2) is 0 Å². The van der Waals surface area contributed by atoms with Gasteiger partial charge in [0.05, 0.1) is 0 Å². The zero-order valence-electron chi connectivity index (χ0n) is 15.2. The van der Waals surface area contributed by atoms with Crippen molar-refractivity contribution in [3.05, 3.63) is 5.82 Å². The zero-order valence-corrected chi connectivity index (χ0v) is 15.2. The van der Waals surface area contributed by atoms with Crippen LogP contribution in [-0.2, 0) is 6.42 Å². The molecule has 5 nitrogen and oxygen atoms in total. The Labute approximate surface area is 150 Å². The van der Waals surface area contributed by atoms with Crippen LogP contribution in [0.15, 0.2) is 0 Å². The molecule has 5 aliphatic carbocycles. The van der Waals surface area contributed by atoms with Gasteiger partial charge in [-0.1, -0.05) is 19.3 Å². The molecule has 25 heavy (non-hydrogen) atoms. The predicted molar refractivity (Wildman–Crippen MR) is 99.0 cm³/mol. The van der Waals surface area contributed by atoms with E-state index in [1.807, 2.05) is 0 Å². The number of rotatable bonds is 4. The van der Waals surface area contributed by atoms with Crippen LogP contribution in [0.4, 0.5) is 11.9 Å². The summed E-state index contributed by atoms with van der Waals surface area (Å²) in [5, 5.41) is 3.53. The number of hydrogen-bond acceptors (Lipinski definition) is 5. The molecule has 3 N–H and O–H groups in total. The molecule has 0 unspecified atom stereocenters. The third-order valence-electron chi connectivity index (χ3n) is 7.34. The SMILES string of the molecule is Nc1nc(CC23CC4CC(CC(C4)C2)C3)nc(NC2CCCCC2)n1. The van der Waals surface area contributed by atoms with Crippen molar-refractivity contribution in [2.75, 3.05) is 11.1 Å². The molecular formula is C20H31N5. The van der Waals surface area contributed by atoms with Crippen LogP contribution >= 0.6 is 0 Å². The Hall–Kier alpha value is -1.39. The van der Waals surface area contributed by atoms with Gasteiger partial charge < -0.3 is 11.1 Å². The van der Waals surface area contributed by atoms with E-state index in [1.165, 1.54) is 70.6 Å². The van der Waals surface area contributed by atoms with Crippen LogP contribution in [0.1, 0.15) is 76.5 Å². The van der Waals surface area contributed by atoms with Crippen LogP contribution in [-0.4, -0.2) is 21.0 Å². The molecule has 0 spiro atoms. The summed E-state index contributed by atoms with van der Waals surface area (Å²) in [6, 6.07) is 0.503. The Morgan fingerprint density at radius 1 is 0.880 bits per heavy atom. The van der Waals surface area contributed by atoms with Gasteiger partial charge >= 0.3 is 0 Å². The Morgan fingerprint density at radius 3 is 2.16 bits per heavy atom. The van der Waals surface area contributed by atoms with Crippen LogP contribution in [0, 0.1) is 23.2 Å². The summed E-state index contributed by atoms with van der Waals surface area (Å²) in [5.74, 6) is 4.90. The third-order valence-corrected chi connectivity index (χ3v) is 7.34. The minimum absolute atomic E-state index is 0.382. The normalized spacial score (nSPS) is 37.4. The maximum absolute atomic E-state index is 6.03. The summed E-state index contributed by atoms with van der Waals surface area (Å²) < 4.78 is 0. The highest BCUT2D eigenvalue weighted by Crippen LogP contribution is 2.60.